The first kappa shape index (κ1) is 12.9. The number of nitrogens with one attached hydrogen (secondary N) is 1. The van der Waals surface area contributed by atoms with Crippen LogP contribution in [0, 0.1) is 0 Å². The summed E-state index contributed by atoms with van der Waals surface area (Å²) in [4.78, 5) is 23.7. The van der Waals surface area contributed by atoms with E-state index in [9.17, 15) is 9.59 Å². The molecule has 0 saturated heterocycles. The average molecular weight is 202 g/mol. The summed E-state index contributed by atoms with van der Waals surface area (Å²) in [7, 11) is 3.25. The van der Waals surface area contributed by atoms with Gasteiger partial charge in [-0.15, -0.1) is 0 Å². The van der Waals surface area contributed by atoms with Crippen molar-refractivity contribution in [1.82, 2.24) is 10.2 Å². The molecule has 0 atom stereocenters. The van der Waals surface area contributed by atoms with Crippen molar-refractivity contribution in [2.45, 2.75) is 20.0 Å². The second kappa shape index (κ2) is 6.37. The number of carbonyl (C=O) groups excluding carboxylic acids is 2. The first-order chi connectivity index (χ1) is 6.45. The lowest BCUT2D eigenvalue weighted by Crippen LogP contribution is -2.37. The molecule has 82 valence electrons. The molecular weight excluding hydrogens is 184 g/mol. The summed E-state index contributed by atoms with van der Waals surface area (Å²) in [6, 6.07) is 0. The summed E-state index contributed by atoms with van der Waals surface area (Å²) < 4.78 is 4.92. The second-order valence-corrected chi connectivity index (χ2v) is 3.38. The van der Waals surface area contributed by atoms with Crippen LogP contribution in [0.3, 0.4) is 0 Å². The zero-order valence-electron chi connectivity index (χ0n) is 9.16. The molecule has 0 heterocycles. The number of likely N-dealkylation sites (N-methyl/N-ethyl adjacent to an activating group) is 2. The fourth-order valence-electron chi connectivity index (χ4n) is 0.901. The third-order valence-electron chi connectivity index (χ3n) is 1.46. The molecule has 0 unspecified atom stereocenters. The van der Waals surface area contributed by atoms with Crippen LogP contribution in [0.4, 0.5) is 0 Å². The highest BCUT2D eigenvalue weighted by Gasteiger charge is 2.11. The van der Waals surface area contributed by atoms with Gasteiger partial charge in [0.25, 0.3) is 0 Å². The number of rotatable bonds is 5. The molecule has 0 rings (SSSR count). The van der Waals surface area contributed by atoms with E-state index >= 15 is 0 Å². The van der Waals surface area contributed by atoms with Gasteiger partial charge in [-0.1, -0.05) is 0 Å². The van der Waals surface area contributed by atoms with E-state index in [-0.39, 0.29) is 31.1 Å². The summed E-state index contributed by atoms with van der Waals surface area (Å²) in [6.07, 6.45) is -0.115. The van der Waals surface area contributed by atoms with Gasteiger partial charge in [0.05, 0.1) is 19.2 Å². The Bertz CT molecular complexity index is 204. The first-order valence-corrected chi connectivity index (χ1v) is 4.54. The lowest BCUT2D eigenvalue weighted by Gasteiger charge is -2.15. The van der Waals surface area contributed by atoms with Crippen molar-refractivity contribution in [1.29, 1.82) is 0 Å². The van der Waals surface area contributed by atoms with Gasteiger partial charge >= 0.3 is 5.97 Å². The SMILES string of the molecule is CNC(=O)CN(C)CC(=O)OC(C)C. The van der Waals surface area contributed by atoms with Crippen LogP contribution >= 0.6 is 0 Å². The predicted octanol–water partition coefficient (Wildman–Crippen LogP) is -0.384. The van der Waals surface area contributed by atoms with E-state index in [2.05, 4.69) is 5.32 Å². The molecule has 0 aromatic carbocycles. The number of hydrogen-bond donors (Lipinski definition) is 1. The minimum Gasteiger partial charge on any atom is -0.462 e. The maximum absolute atomic E-state index is 11.1. The highest BCUT2D eigenvalue weighted by Crippen LogP contribution is 1.91. The third-order valence-corrected chi connectivity index (χ3v) is 1.46. The van der Waals surface area contributed by atoms with Crippen LogP contribution in [0.5, 0.6) is 0 Å². The van der Waals surface area contributed by atoms with Crippen LogP contribution in [0.25, 0.3) is 0 Å². The smallest absolute Gasteiger partial charge is 0.320 e. The van der Waals surface area contributed by atoms with Crippen LogP contribution in [-0.2, 0) is 14.3 Å². The zero-order chi connectivity index (χ0) is 11.1. The molecule has 14 heavy (non-hydrogen) atoms. The first-order valence-electron chi connectivity index (χ1n) is 4.54. The van der Waals surface area contributed by atoms with Gasteiger partial charge in [0.15, 0.2) is 0 Å². The van der Waals surface area contributed by atoms with E-state index in [1.54, 1.807) is 32.8 Å². The molecule has 0 aromatic heterocycles. The van der Waals surface area contributed by atoms with E-state index in [1.807, 2.05) is 0 Å². The van der Waals surface area contributed by atoms with Crippen LogP contribution in [-0.4, -0.2) is 50.1 Å². The van der Waals surface area contributed by atoms with Crippen LogP contribution in [0.2, 0.25) is 0 Å². The molecule has 0 radical (unpaired) electrons. The summed E-state index contributed by atoms with van der Waals surface area (Å²) >= 11 is 0. The predicted molar refractivity (Wildman–Crippen MR) is 52.8 cm³/mol. The molecule has 0 spiro atoms. The molecule has 0 bridgehead atoms. The molecule has 0 saturated carbocycles. The highest BCUT2D eigenvalue weighted by molar-refractivity contribution is 5.78. The fraction of sp³-hybridized carbons (Fsp3) is 0.778. The Labute approximate surface area is 84.4 Å². The Morgan fingerprint density at radius 1 is 1.36 bits per heavy atom. The van der Waals surface area contributed by atoms with Crippen molar-refractivity contribution in [3.63, 3.8) is 0 Å². The van der Waals surface area contributed by atoms with Crippen molar-refractivity contribution >= 4 is 11.9 Å². The molecule has 0 aliphatic heterocycles. The normalized spacial score (nSPS) is 10.4. The van der Waals surface area contributed by atoms with Crippen LogP contribution < -0.4 is 5.32 Å². The van der Waals surface area contributed by atoms with E-state index in [0.29, 0.717) is 0 Å². The standard InChI is InChI=1S/C9H18N2O3/c1-7(2)14-9(13)6-11(4)5-8(12)10-3/h7H,5-6H2,1-4H3,(H,10,12). The Morgan fingerprint density at radius 2 is 1.93 bits per heavy atom. The molecule has 1 amide bonds. The Morgan fingerprint density at radius 3 is 2.36 bits per heavy atom. The maximum atomic E-state index is 11.1. The molecule has 5 nitrogen and oxygen atoms in total. The highest BCUT2D eigenvalue weighted by atomic mass is 16.5. The molecule has 0 aliphatic rings. The largest absolute Gasteiger partial charge is 0.462 e. The molecule has 0 aromatic rings. The molecule has 0 fully saturated rings. The number of amides is 1. The van der Waals surface area contributed by atoms with E-state index in [4.69, 9.17) is 4.74 Å². The van der Waals surface area contributed by atoms with Crippen LogP contribution in [0.1, 0.15) is 13.8 Å². The van der Waals surface area contributed by atoms with E-state index in [1.165, 1.54) is 0 Å². The number of nitrogens with zero attached hydrogens (tertiary/aromatic N) is 1. The van der Waals surface area contributed by atoms with Crippen molar-refractivity contribution in [2.24, 2.45) is 0 Å². The van der Waals surface area contributed by atoms with Crippen LogP contribution in [0.15, 0.2) is 0 Å². The minimum absolute atomic E-state index is 0.115. The average Bonchev–Trinajstić information content (AvgIpc) is 2.01. The van der Waals surface area contributed by atoms with Gasteiger partial charge in [0.2, 0.25) is 5.91 Å². The zero-order valence-corrected chi connectivity index (χ0v) is 9.16. The molecule has 5 heteroatoms. The van der Waals surface area contributed by atoms with Crippen molar-refractivity contribution in [2.75, 3.05) is 27.2 Å². The maximum Gasteiger partial charge on any atom is 0.320 e. The number of esters is 1. The lowest BCUT2D eigenvalue weighted by molar-refractivity contribution is -0.148. The van der Waals surface area contributed by atoms with Gasteiger partial charge < -0.3 is 10.1 Å². The quantitative estimate of drug-likeness (QED) is 0.617. The van der Waals surface area contributed by atoms with E-state index in [0.717, 1.165) is 0 Å². The lowest BCUT2D eigenvalue weighted by atomic mass is 10.4. The second-order valence-electron chi connectivity index (χ2n) is 3.38. The summed E-state index contributed by atoms with van der Waals surface area (Å²) in [5.41, 5.74) is 0. The van der Waals surface area contributed by atoms with Crippen molar-refractivity contribution in [3.8, 4) is 0 Å². The van der Waals surface area contributed by atoms with Gasteiger partial charge in [-0.05, 0) is 20.9 Å². The fourth-order valence-corrected chi connectivity index (χ4v) is 0.901. The van der Waals surface area contributed by atoms with Gasteiger partial charge in [0.1, 0.15) is 0 Å². The number of hydrogen-bond acceptors (Lipinski definition) is 4. The van der Waals surface area contributed by atoms with Gasteiger partial charge in [-0.25, -0.2) is 0 Å². The monoisotopic (exact) mass is 202 g/mol. The third kappa shape index (κ3) is 6.42. The van der Waals surface area contributed by atoms with Gasteiger partial charge in [0, 0.05) is 7.05 Å². The molecule has 1 N–H and O–H groups in total. The van der Waals surface area contributed by atoms with E-state index < -0.39 is 0 Å². The van der Waals surface area contributed by atoms with Gasteiger partial charge in [-0.3, -0.25) is 14.5 Å². The van der Waals surface area contributed by atoms with Gasteiger partial charge in [-0.2, -0.15) is 0 Å². The number of ether oxygens (including phenoxy) is 1. The molecule has 0 aliphatic carbocycles. The Kier molecular flexibility index (Phi) is 5.87. The van der Waals surface area contributed by atoms with Crippen molar-refractivity contribution in [3.05, 3.63) is 0 Å². The molecular formula is C9H18N2O3. The van der Waals surface area contributed by atoms with Crippen molar-refractivity contribution < 1.29 is 14.3 Å². The Balaban J connectivity index is 3.76. The summed E-state index contributed by atoms with van der Waals surface area (Å²) in [6.45, 7) is 3.91. The minimum atomic E-state index is -0.314. The summed E-state index contributed by atoms with van der Waals surface area (Å²) in [5.74, 6) is -0.434. The summed E-state index contributed by atoms with van der Waals surface area (Å²) in [5, 5.41) is 2.48. The topological polar surface area (TPSA) is 58.6 Å². The Hall–Kier alpha value is -1.10. The number of carbonyl (C=O) groups is 2.